The Morgan fingerprint density at radius 3 is 2.33 bits per heavy atom. The molecule has 250 valence electrons. The quantitative estimate of drug-likeness (QED) is 0.221. The Morgan fingerprint density at radius 2 is 1.71 bits per heavy atom. The molecule has 0 radical (unpaired) electrons. The number of carbonyl (C=O) groups excluding carboxylic acids is 3. The number of halogens is 2. The molecule has 1 saturated heterocycles. The van der Waals surface area contributed by atoms with Crippen molar-refractivity contribution in [2.24, 2.45) is 5.92 Å². The fourth-order valence-electron chi connectivity index (χ4n) is 4.70. The summed E-state index contributed by atoms with van der Waals surface area (Å²) in [5.41, 5.74) is 0.156. The highest BCUT2D eigenvalue weighted by Crippen LogP contribution is 2.30. The van der Waals surface area contributed by atoms with Gasteiger partial charge in [0.05, 0.1) is 5.69 Å². The standard InChI is InChI=1S/C32H31F2N7O6S/c1-19(2)40-18-25(31(43)41(32(40)44)22-8-5-20(33)6-9-22)30(42)37-21-7-11-27(26(34)15-21)47-23-13-14-35-29(16-23)38-28-12-10-24(17-36-28)48(45,46)39(3)4/h5-17,19,25H,18H2,1-4H3,(H,37,42)(H,35,36,38). The van der Waals surface area contributed by atoms with Crippen LogP contribution in [-0.2, 0) is 19.6 Å². The van der Waals surface area contributed by atoms with Gasteiger partial charge in [0.2, 0.25) is 21.8 Å². The fraction of sp³-hybridized carbons (Fsp3) is 0.219. The molecule has 1 aliphatic rings. The Kier molecular flexibility index (Phi) is 9.67. The third-order valence-corrected chi connectivity index (χ3v) is 9.09. The van der Waals surface area contributed by atoms with Crippen LogP contribution in [0.4, 0.5) is 36.6 Å². The van der Waals surface area contributed by atoms with Crippen molar-refractivity contribution in [3.63, 3.8) is 0 Å². The average Bonchev–Trinajstić information content (AvgIpc) is 3.03. The summed E-state index contributed by atoms with van der Waals surface area (Å²) < 4.78 is 60.0. The summed E-state index contributed by atoms with van der Waals surface area (Å²) in [6.45, 7) is 3.27. The van der Waals surface area contributed by atoms with Gasteiger partial charge in [0, 0.05) is 56.9 Å². The Hall–Kier alpha value is -5.48. The Morgan fingerprint density at radius 1 is 0.979 bits per heavy atom. The van der Waals surface area contributed by atoms with E-state index >= 15 is 4.39 Å². The molecule has 5 rings (SSSR count). The summed E-state index contributed by atoms with van der Waals surface area (Å²) in [5, 5.41) is 5.46. The number of carbonyl (C=O) groups is 3. The second-order valence-corrected chi connectivity index (χ2v) is 13.3. The van der Waals surface area contributed by atoms with Gasteiger partial charge in [0.15, 0.2) is 11.6 Å². The molecule has 0 spiro atoms. The van der Waals surface area contributed by atoms with Gasteiger partial charge < -0.3 is 20.3 Å². The lowest BCUT2D eigenvalue weighted by Crippen LogP contribution is -2.61. The zero-order valence-corrected chi connectivity index (χ0v) is 27.0. The number of amides is 4. The highest BCUT2D eigenvalue weighted by Gasteiger charge is 2.44. The van der Waals surface area contributed by atoms with Crippen molar-refractivity contribution in [1.29, 1.82) is 0 Å². The van der Waals surface area contributed by atoms with Gasteiger partial charge >= 0.3 is 6.03 Å². The molecule has 16 heteroatoms. The molecule has 48 heavy (non-hydrogen) atoms. The average molecular weight is 680 g/mol. The first-order valence-electron chi connectivity index (χ1n) is 14.5. The van der Waals surface area contributed by atoms with Crippen LogP contribution in [0.2, 0.25) is 0 Å². The van der Waals surface area contributed by atoms with Crippen LogP contribution in [-0.4, -0.2) is 72.1 Å². The number of imide groups is 1. The van der Waals surface area contributed by atoms with E-state index in [2.05, 4.69) is 20.6 Å². The van der Waals surface area contributed by atoms with E-state index in [1.807, 2.05) is 0 Å². The van der Waals surface area contributed by atoms with Crippen molar-refractivity contribution in [3.8, 4) is 11.5 Å². The Labute approximate surface area is 275 Å². The minimum absolute atomic E-state index is 0.0168. The summed E-state index contributed by atoms with van der Waals surface area (Å²) in [6.07, 6.45) is 2.62. The number of sulfonamides is 1. The third-order valence-electron chi connectivity index (χ3n) is 7.29. The number of rotatable bonds is 10. The highest BCUT2D eigenvalue weighted by molar-refractivity contribution is 7.89. The van der Waals surface area contributed by atoms with Gasteiger partial charge in [-0.05, 0) is 68.4 Å². The molecule has 0 saturated carbocycles. The number of pyridine rings is 2. The maximum Gasteiger partial charge on any atom is 0.331 e. The predicted octanol–water partition coefficient (Wildman–Crippen LogP) is 4.97. The van der Waals surface area contributed by atoms with E-state index < -0.39 is 45.4 Å². The van der Waals surface area contributed by atoms with Gasteiger partial charge in [-0.2, -0.15) is 0 Å². The number of hydrogen-bond acceptors (Lipinski definition) is 9. The van der Waals surface area contributed by atoms with Crippen LogP contribution in [0.25, 0.3) is 0 Å². The van der Waals surface area contributed by atoms with Crippen molar-refractivity contribution in [1.82, 2.24) is 19.2 Å². The van der Waals surface area contributed by atoms with Crippen molar-refractivity contribution in [2.75, 3.05) is 36.2 Å². The maximum atomic E-state index is 15.1. The number of benzene rings is 2. The zero-order valence-electron chi connectivity index (χ0n) is 26.2. The van der Waals surface area contributed by atoms with E-state index in [4.69, 9.17) is 4.74 Å². The normalized spacial score (nSPS) is 15.2. The van der Waals surface area contributed by atoms with E-state index in [1.54, 1.807) is 13.8 Å². The van der Waals surface area contributed by atoms with Crippen molar-refractivity contribution in [3.05, 3.63) is 90.8 Å². The lowest BCUT2D eigenvalue weighted by atomic mass is 10.0. The number of ether oxygens (including phenoxy) is 1. The summed E-state index contributed by atoms with van der Waals surface area (Å²) in [4.78, 5) is 50.3. The van der Waals surface area contributed by atoms with E-state index in [0.29, 0.717) is 5.82 Å². The van der Waals surface area contributed by atoms with E-state index in [-0.39, 0.29) is 46.2 Å². The number of hydrogen-bond donors (Lipinski definition) is 2. The van der Waals surface area contributed by atoms with Crippen LogP contribution in [0.15, 0.2) is 84.0 Å². The van der Waals surface area contributed by atoms with E-state index in [0.717, 1.165) is 27.4 Å². The first-order valence-corrected chi connectivity index (χ1v) is 16.0. The van der Waals surface area contributed by atoms with Gasteiger partial charge in [-0.3, -0.25) is 9.59 Å². The number of urea groups is 1. The van der Waals surface area contributed by atoms with Gasteiger partial charge in [0.1, 0.15) is 34.0 Å². The maximum absolute atomic E-state index is 15.1. The molecule has 2 aromatic carbocycles. The lowest BCUT2D eigenvalue weighted by Gasteiger charge is -2.39. The van der Waals surface area contributed by atoms with E-state index in [9.17, 15) is 27.2 Å². The molecule has 1 atom stereocenters. The monoisotopic (exact) mass is 679 g/mol. The summed E-state index contributed by atoms with van der Waals surface area (Å²) in [7, 11) is -0.814. The van der Waals surface area contributed by atoms with Gasteiger partial charge in [0.25, 0.3) is 0 Å². The van der Waals surface area contributed by atoms with E-state index in [1.165, 1.54) is 79.9 Å². The summed E-state index contributed by atoms with van der Waals surface area (Å²) in [5.74, 6) is -3.62. The number of nitrogens with zero attached hydrogens (tertiary/aromatic N) is 5. The van der Waals surface area contributed by atoms with Crippen molar-refractivity contribution >= 4 is 50.9 Å². The van der Waals surface area contributed by atoms with Crippen LogP contribution in [0.5, 0.6) is 11.5 Å². The third kappa shape index (κ3) is 7.24. The van der Waals surface area contributed by atoms with Crippen LogP contribution in [0.1, 0.15) is 13.8 Å². The molecule has 1 aliphatic heterocycles. The molecule has 0 bridgehead atoms. The number of nitrogens with one attached hydrogen (secondary N) is 2. The molecule has 0 aliphatic carbocycles. The topological polar surface area (TPSA) is 154 Å². The van der Waals surface area contributed by atoms with Crippen LogP contribution >= 0.6 is 0 Å². The summed E-state index contributed by atoms with van der Waals surface area (Å²) >= 11 is 0. The molecular weight excluding hydrogens is 648 g/mol. The predicted molar refractivity (Wildman–Crippen MR) is 172 cm³/mol. The lowest BCUT2D eigenvalue weighted by molar-refractivity contribution is -0.132. The molecule has 2 aromatic heterocycles. The molecule has 13 nitrogen and oxygen atoms in total. The molecule has 4 amide bonds. The van der Waals surface area contributed by atoms with Gasteiger partial charge in [-0.1, -0.05) is 0 Å². The molecule has 3 heterocycles. The first-order chi connectivity index (χ1) is 22.7. The van der Waals surface area contributed by atoms with Crippen molar-refractivity contribution < 1.29 is 36.3 Å². The minimum atomic E-state index is -3.64. The largest absolute Gasteiger partial charge is 0.454 e. The fourth-order valence-corrected chi connectivity index (χ4v) is 5.54. The number of aromatic nitrogens is 2. The van der Waals surface area contributed by atoms with Crippen LogP contribution < -0.4 is 20.3 Å². The molecular formula is C32H31F2N7O6S. The molecule has 4 aromatic rings. The van der Waals surface area contributed by atoms with Crippen LogP contribution in [0, 0.1) is 17.6 Å². The first kappa shape index (κ1) is 33.9. The Balaban J connectivity index is 1.27. The molecule has 2 N–H and O–H groups in total. The SMILES string of the molecule is CC(C)N1CC(C(=O)Nc2ccc(Oc3ccnc(Nc4ccc(S(=O)(=O)N(C)C)cn4)c3)c(F)c2)C(=O)N(c2ccc(F)cc2)C1=O. The highest BCUT2D eigenvalue weighted by atomic mass is 32.2. The second kappa shape index (κ2) is 13.7. The number of anilines is 4. The summed E-state index contributed by atoms with van der Waals surface area (Å²) in [6, 6.07) is 13.3. The van der Waals surface area contributed by atoms with Gasteiger partial charge in [-0.25, -0.2) is 41.2 Å². The van der Waals surface area contributed by atoms with Gasteiger partial charge in [-0.15, -0.1) is 0 Å². The smallest absolute Gasteiger partial charge is 0.331 e. The van der Waals surface area contributed by atoms with Crippen LogP contribution in [0.3, 0.4) is 0 Å². The molecule has 1 fully saturated rings. The molecule has 1 unspecified atom stereocenters. The zero-order chi connectivity index (χ0) is 34.7. The Bertz CT molecular complexity index is 1960. The minimum Gasteiger partial charge on any atom is -0.454 e. The van der Waals surface area contributed by atoms with Crippen molar-refractivity contribution in [2.45, 2.75) is 24.8 Å². The second-order valence-electron chi connectivity index (χ2n) is 11.1.